The average molecular weight is 260 g/mol. The normalized spacial score (nSPS) is 10.8. The molecule has 2 rings (SSSR count). The zero-order valence-electron chi connectivity index (χ0n) is 10.8. The molecule has 2 aromatic rings. The van der Waals surface area contributed by atoms with Gasteiger partial charge in [-0.25, -0.2) is 4.98 Å². The van der Waals surface area contributed by atoms with E-state index in [1.807, 2.05) is 6.07 Å². The van der Waals surface area contributed by atoms with E-state index in [4.69, 9.17) is 5.73 Å². The van der Waals surface area contributed by atoms with Crippen LogP contribution in [0.4, 0.5) is 0 Å². The first kappa shape index (κ1) is 12.9. The lowest BCUT2D eigenvalue weighted by Crippen LogP contribution is -2.13. The fraction of sp³-hybridized carbons (Fsp3) is 0.286. The third-order valence-electron chi connectivity index (χ3n) is 3.05. The number of pyridine rings is 1. The van der Waals surface area contributed by atoms with Gasteiger partial charge in [0.15, 0.2) is 0 Å². The van der Waals surface area contributed by atoms with Crippen LogP contribution >= 0.6 is 11.8 Å². The molecule has 0 atom stereocenters. The van der Waals surface area contributed by atoms with Gasteiger partial charge in [0, 0.05) is 5.39 Å². The zero-order valence-corrected chi connectivity index (χ0v) is 11.6. The number of amides is 1. The number of carbonyl (C=O) groups excluding carboxylic acids is 1. The van der Waals surface area contributed by atoms with Gasteiger partial charge in [-0.2, -0.15) is 0 Å². The summed E-state index contributed by atoms with van der Waals surface area (Å²) in [5, 5.41) is 2.02. The second-order valence-electron chi connectivity index (χ2n) is 4.44. The predicted octanol–water partition coefficient (Wildman–Crippen LogP) is 2.74. The largest absolute Gasteiger partial charge is 0.369 e. The molecule has 0 bridgehead atoms. The maximum absolute atomic E-state index is 10.8. The van der Waals surface area contributed by atoms with Crippen LogP contribution in [0, 0.1) is 20.8 Å². The maximum atomic E-state index is 10.8. The Labute approximate surface area is 111 Å². The van der Waals surface area contributed by atoms with Gasteiger partial charge in [-0.1, -0.05) is 23.9 Å². The van der Waals surface area contributed by atoms with Crippen molar-refractivity contribution in [3.8, 4) is 0 Å². The summed E-state index contributed by atoms with van der Waals surface area (Å²) in [4.78, 5) is 15.4. The average Bonchev–Trinajstić information content (AvgIpc) is 2.32. The predicted molar refractivity (Wildman–Crippen MR) is 75.9 cm³/mol. The van der Waals surface area contributed by atoms with Crippen LogP contribution in [0.5, 0.6) is 0 Å². The number of nitrogens with two attached hydrogens (primary N) is 1. The van der Waals surface area contributed by atoms with Gasteiger partial charge in [-0.3, -0.25) is 4.79 Å². The highest BCUT2D eigenvalue weighted by Gasteiger charge is 2.08. The molecule has 0 unspecified atom stereocenters. The quantitative estimate of drug-likeness (QED) is 0.863. The van der Waals surface area contributed by atoms with E-state index >= 15 is 0 Å². The Morgan fingerprint density at radius 2 is 2.00 bits per heavy atom. The lowest BCUT2D eigenvalue weighted by Gasteiger charge is -2.09. The van der Waals surface area contributed by atoms with Crippen molar-refractivity contribution in [1.29, 1.82) is 0 Å². The third-order valence-corrected chi connectivity index (χ3v) is 3.98. The van der Waals surface area contributed by atoms with Crippen LogP contribution in [0.3, 0.4) is 0 Å². The molecular weight excluding hydrogens is 244 g/mol. The van der Waals surface area contributed by atoms with E-state index < -0.39 is 0 Å². The molecular formula is C14H16N2OS. The van der Waals surface area contributed by atoms with Crippen molar-refractivity contribution in [1.82, 2.24) is 4.98 Å². The molecule has 1 heterocycles. The molecule has 1 amide bonds. The van der Waals surface area contributed by atoms with Crippen LogP contribution < -0.4 is 5.73 Å². The number of aryl methyl sites for hydroxylation is 3. The van der Waals surface area contributed by atoms with Crippen LogP contribution in [0.15, 0.2) is 23.2 Å². The molecule has 0 saturated carbocycles. The van der Waals surface area contributed by atoms with E-state index in [0.717, 1.165) is 10.5 Å². The van der Waals surface area contributed by atoms with Crippen LogP contribution in [0.1, 0.15) is 16.7 Å². The van der Waals surface area contributed by atoms with E-state index in [2.05, 4.69) is 37.9 Å². The molecule has 1 aromatic carbocycles. The van der Waals surface area contributed by atoms with Crippen LogP contribution in [-0.4, -0.2) is 16.6 Å². The number of rotatable bonds is 3. The summed E-state index contributed by atoms with van der Waals surface area (Å²) in [6.45, 7) is 6.22. The Hall–Kier alpha value is -1.55. The SMILES string of the molecule is Cc1ccc2c(C)cc(SCC(N)=O)nc2c1C. The van der Waals surface area contributed by atoms with Crippen molar-refractivity contribution in [3.05, 3.63) is 34.9 Å². The summed E-state index contributed by atoms with van der Waals surface area (Å²) >= 11 is 1.39. The number of nitrogens with zero attached hydrogens (tertiary/aromatic N) is 1. The number of carbonyl (C=O) groups is 1. The standard InChI is InChI=1S/C14H16N2OS/c1-8-4-5-11-9(2)6-13(18-7-12(15)17)16-14(11)10(8)3/h4-6H,7H2,1-3H3,(H2,15,17). The molecule has 3 nitrogen and oxygen atoms in total. The van der Waals surface area contributed by atoms with Gasteiger partial charge in [0.2, 0.25) is 5.91 Å². The minimum absolute atomic E-state index is 0.267. The molecule has 2 N–H and O–H groups in total. The van der Waals surface area contributed by atoms with Gasteiger partial charge in [0.25, 0.3) is 0 Å². The Morgan fingerprint density at radius 3 is 2.67 bits per heavy atom. The molecule has 0 aliphatic heterocycles. The maximum Gasteiger partial charge on any atom is 0.227 e. The van der Waals surface area contributed by atoms with Gasteiger partial charge in [0.1, 0.15) is 0 Å². The van der Waals surface area contributed by atoms with E-state index in [-0.39, 0.29) is 11.7 Å². The highest BCUT2D eigenvalue weighted by Crippen LogP contribution is 2.27. The minimum Gasteiger partial charge on any atom is -0.369 e. The molecule has 1 aromatic heterocycles. The van der Waals surface area contributed by atoms with Crippen LogP contribution in [0.25, 0.3) is 10.9 Å². The smallest absolute Gasteiger partial charge is 0.227 e. The van der Waals surface area contributed by atoms with E-state index in [0.29, 0.717) is 0 Å². The fourth-order valence-electron chi connectivity index (χ4n) is 1.89. The minimum atomic E-state index is -0.319. The first-order valence-corrected chi connectivity index (χ1v) is 6.76. The first-order valence-electron chi connectivity index (χ1n) is 5.77. The zero-order chi connectivity index (χ0) is 13.3. The van der Waals surface area contributed by atoms with Crippen molar-refractivity contribution in [2.45, 2.75) is 25.8 Å². The summed E-state index contributed by atoms with van der Waals surface area (Å²) in [7, 11) is 0. The Kier molecular flexibility index (Phi) is 3.57. The van der Waals surface area contributed by atoms with Crippen molar-refractivity contribution in [2.24, 2.45) is 5.73 Å². The lowest BCUT2D eigenvalue weighted by atomic mass is 10.0. The van der Waals surface area contributed by atoms with Gasteiger partial charge < -0.3 is 5.73 Å². The van der Waals surface area contributed by atoms with Gasteiger partial charge in [0.05, 0.1) is 16.3 Å². The molecule has 0 aliphatic carbocycles. The molecule has 0 spiro atoms. The summed E-state index contributed by atoms with van der Waals surface area (Å²) in [6.07, 6.45) is 0. The molecule has 0 fully saturated rings. The highest BCUT2D eigenvalue weighted by atomic mass is 32.2. The van der Waals surface area contributed by atoms with Crippen molar-refractivity contribution in [3.63, 3.8) is 0 Å². The summed E-state index contributed by atoms with van der Waals surface area (Å²) < 4.78 is 0. The molecule has 18 heavy (non-hydrogen) atoms. The second-order valence-corrected chi connectivity index (χ2v) is 5.43. The first-order chi connectivity index (χ1) is 8.49. The summed E-state index contributed by atoms with van der Waals surface area (Å²) in [5.74, 6) is -0.0523. The molecule has 94 valence electrons. The topological polar surface area (TPSA) is 56.0 Å². The number of thioether (sulfide) groups is 1. The monoisotopic (exact) mass is 260 g/mol. The number of benzene rings is 1. The number of aromatic nitrogens is 1. The third kappa shape index (κ3) is 2.48. The fourth-order valence-corrected chi connectivity index (χ4v) is 2.59. The second kappa shape index (κ2) is 4.98. The lowest BCUT2D eigenvalue weighted by molar-refractivity contribution is -0.115. The number of hydrogen-bond acceptors (Lipinski definition) is 3. The molecule has 0 saturated heterocycles. The van der Waals surface area contributed by atoms with E-state index in [1.165, 1.54) is 33.8 Å². The van der Waals surface area contributed by atoms with Crippen molar-refractivity contribution >= 4 is 28.6 Å². The summed E-state index contributed by atoms with van der Waals surface area (Å²) in [6, 6.07) is 6.22. The Bertz CT molecular complexity index is 623. The summed E-state index contributed by atoms with van der Waals surface area (Å²) in [5.41, 5.74) is 9.77. The van der Waals surface area contributed by atoms with Crippen LogP contribution in [0.2, 0.25) is 0 Å². The highest BCUT2D eigenvalue weighted by molar-refractivity contribution is 7.99. The van der Waals surface area contributed by atoms with Gasteiger partial charge in [-0.15, -0.1) is 0 Å². The van der Waals surface area contributed by atoms with Crippen LogP contribution in [-0.2, 0) is 4.79 Å². The number of fused-ring (bicyclic) bond motifs is 1. The van der Waals surface area contributed by atoms with Gasteiger partial charge >= 0.3 is 0 Å². The molecule has 0 aliphatic rings. The molecule has 4 heteroatoms. The van der Waals surface area contributed by atoms with Crippen molar-refractivity contribution < 1.29 is 4.79 Å². The number of hydrogen-bond donors (Lipinski definition) is 1. The van der Waals surface area contributed by atoms with E-state index in [1.54, 1.807) is 0 Å². The number of primary amides is 1. The van der Waals surface area contributed by atoms with Gasteiger partial charge in [-0.05, 0) is 43.5 Å². The van der Waals surface area contributed by atoms with E-state index in [9.17, 15) is 4.79 Å². The molecule has 0 radical (unpaired) electrons. The Morgan fingerprint density at radius 1 is 1.28 bits per heavy atom. The van der Waals surface area contributed by atoms with Crippen molar-refractivity contribution in [2.75, 3.05) is 5.75 Å². The Balaban J connectivity index is 2.52.